The van der Waals surface area contributed by atoms with Gasteiger partial charge in [-0.2, -0.15) is 9.42 Å². The Bertz CT molecular complexity index is 738. The zero-order valence-electron chi connectivity index (χ0n) is 14.8. The first-order chi connectivity index (χ1) is 12.6. The largest absolute Gasteiger partial charge is 0.536 e. The Morgan fingerprint density at radius 2 is 1.62 bits per heavy atom. The Labute approximate surface area is 152 Å². The van der Waals surface area contributed by atoms with Crippen molar-refractivity contribution in [3.8, 4) is 11.5 Å². The van der Waals surface area contributed by atoms with E-state index in [2.05, 4.69) is 0 Å². The highest BCUT2D eigenvalue weighted by atomic mass is 31.2. The quantitative estimate of drug-likeness (QED) is 0.595. The van der Waals surface area contributed by atoms with Crippen LogP contribution in [0.3, 0.4) is 0 Å². The summed E-state index contributed by atoms with van der Waals surface area (Å²) in [6.45, 7) is 0. The molecule has 1 heterocycles. The summed E-state index contributed by atoms with van der Waals surface area (Å²) >= 11 is 0. The van der Waals surface area contributed by atoms with E-state index in [1.807, 2.05) is 12.1 Å². The summed E-state index contributed by atoms with van der Waals surface area (Å²) < 4.78 is 27.6. The third-order valence-electron chi connectivity index (χ3n) is 6.15. The van der Waals surface area contributed by atoms with Crippen LogP contribution in [-0.4, -0.2) is 17.6 Å². The van der Waals surface area contributed by atoms with Crippen molar-refractivity contribution < 1.29 is 27.8 Å². The van der Waals surface area contributed by atoms with Crippen molar-refractivity contribution in [3.63, 3.8) is 0 Å². The second-order valence-corrected chi connectivity index (χ2v) is 9.94. The van der Waals surface area contributed by atoms with Gasteiger partial charge in [0, 0.05) is 0 Å². The van der Waals surface area contributed by atoms with E-state index >= 15 is 0 Å². The fourth-order valence-electron chi connectivity index (χ4n) is 5.55. The summed E-state index contributed by atoms with van der Waals surface area (Å²) in [6.07, 6.45) is 8.24. The monoisotopic (exact) mass is 379 g/mol. The minimum Gasteiger partial charge on any atom is -0.493 e. The molecule has 0 radical (unpaired) electrons. The molecule has 1 unspecified atom stereocenters. The van der Waals surface area contributed by atoms with Crippen LogP contribution in [0, 0.1) is 17.8 Å². The molecule has 4 aliphatic rings. The van der Waals surface area contributed by atoms with Gasteiger partial charge in [-0.05, 0) is 68.4 Å². The van der Waals surface area contributed by atoms with E-state index in [-0.39, 0.29) is 11.1 Å². The Morgan fingerprint density at radius 1 is 1.04 bits per heavy atom. The van der Waals surface area contributed by atoms with Gasteiger partial charge in [0.1, 0.15) is 5.60 Å². The molecule has 1 aromatic carbocycles. The van der Waals surface area contributed by atoms with Gasteiger partial charge in [0.2, 0.25) is 12.0 Å². The molecular formula is C19H24O6P+. The number of hydrogen-bond acceptors (Lipinski definition) is 6. The zero-order chi connectivity index (χ0) is 17.8. The normalized spacial score (nSPS) is 34.6. The molecule has 0 aliphatic heterocycles. The average molecular weight is 379 g/mol. The van der Waals surface area contributed by atoms with E-state index in [1.165, 1.54) is 25.5 Å². The molecule has 140 valence electrons. The summed E-state index contributed by atoms with van der Waals surface area (Å²) in [5, 5.41) is 0. The maximum Gasteiger partial charge on any atom is 0.536 e. The van der Waals surface area contributed by atoms with E-state index in [0.29, 0.717) is 29.3 Å². The number of hydrogen-bond donors (Lipinski definition) is 1. The van der Waals surface area contributed by atoms with Gasteiger partial charge in [-0.25, -0.2) is 4.58 Å². The highest BCUT2D eigenvalue weighted by Gasteiger charge is 2.63. The Balaban J connectivity index is 1.45. The zero-order valence-corrected chi connectivity index (χ0v) is 15.7. The first-order valence-corrected chi connectivity index (χ1v) is 10.8. The molecule has 1 N–H and O–H groups in total. The standard InChI is InChI=1S/C19H24O6P/c1-21-16-4-2-3-5-17(16)24-26(20,18-12-22-23-18)25-19-9-13-6-14(10-19)8-15(7-13)11-19/h2-5,12-15,20H,6-11H2,1H3/q+1. The molecule has 4 aliphatic carbocycles. The van der Waals surface area contributed by atoms with Crippen LogP contribution in [0.2, 0.25) is 0 Å². The van der Waals surface area contributed by atoms with E-state index in [0.717, 1.165) is 19.3 Å². The molecular weight excluding hydrogens is 355 g/mol. The fraction of sp³-hybridized carbons (Fsp3) is 0.579. The summed E-state index contributed by atoms with van der Waals surface area (Å²) in [4.78, 5) is 11.4. The maximum atomic E-state index is 11.4. The summed E-state index contributed by atoms with van der Waals surface area (Å²) in [5.74, 6) is 3.09. The highest BCUT2D eigenvalue weighted by Crippen LogP contribution is 2.66. The van der Waals surface area contributed by atoms with E-state index in [4.69, 9.17) is 22.9 Å². The maximum absolute atomic E-state index is 11.4. The summed E-state index contributed by atoms with van der Waals surface area (Å²) in [6, 6.07) is 7.23. The summed E-state index contributed by atoms with van der Waals surface area (Å²) in [5.41, 5.74) is -0.0850. The predicted molar refractivity (Wildman–Crippen MR) is 95.4 cm³/mol. The molecule has 4 fully saturated rings. The van der Waals surface area contributed by atoms with Gasteiger partial charge >= 0.3 is 13.4 Å². The first kappa shape index (κ1) is 16.7. The Kier molecular flexibility index (Phi) is 3.85. The van der Waals surface area contributed by atoms with Crippen LogP contribution in [0.25, 0.3) is 0 Å². The number of benzene rings is 1. The molecule has 4 saturated carbocycles. The molecule has 6 nitrogen and oxygen atoms in total. The third kappa shape index (κ3) is 2.75. The second kappa shape index (κ2) is 6.01. The van der Waals surface area contributed by atoms with Crippen LogP contribution in [0.5, 0.6) is 11.5 Å². The molecule has 1 atom stereocenters. The van der Waals surface area contributed by atoms with Crippen molar-refractivity contribution >= 4 is 13.4 Å². The van der Waals surface area contributed by atoms with E-state index in [9.17, 15) is 4.89 Å². The van der Waals surface area contributed by atoms with Gasteiger partial charge in [-0.15, -0.1) is 0 Å². The van der Waals surface area contributed by atoms with Crippen LogP contribution < -0.4 is 14.8 Å². The van der Waals surface area contributed by atoms with Crippen molar-refractivity contribution in [1.29, 1.82) is 0 Å². The first-order valence-electron chi connectivity index (χ1n) is 9.27. The number of rotatable bonds is 6. The van der Waals surface area contributed by atoms with Gasteiger partial charge in [0.25, 0.3) is 0 Å². The lowest BCUT2D eigenvalue weighted by Crippen LogP contribution is -2.52. The van der Waals surface area contributed by atoms with Gasteiger partial charge in [-0.1, -0.05) is 12.1 Å². The van der Waals surface area contributed by atoms with Crippen LogP contribution >= 0.6 is 7.94 Å². The lowest BCUT2D eigenvalue weighted by molar-refractivity contribution is -0.115. The molecule has 7 heteroatoms. The molecule has 0 saturated heterocycles. The van der Waals surface area contributed by atoms with Crippen LogP contribution in [0.15, 0.2) is 39.7 Å². The molecule has 1 aromatic heterocycles. The second-order valence-electron chi connectivity index (χ2n) is 8.09. The lowest BCUT2D eigenvalue weighted by Gasteiger charge is -2.54. The molecule has 0 spiro atoms. The van der Waals surface area contributed by atoms with Crippen molar-refractivity contribution in [1.82, 2.24) is 0 Å². The minimum atomic E-state index is -3.45. The average Bonchev–Trinajstić information content (AvgIpc) is 2.51. The van der Waals surface area contributed by atoms with E-state index < -0.39 is 7.94 Å². The van der Waals surface area contributed by atoms with Crippen molar-refractivity contribution in [2.75, 3.05) is 7.11 Å². The van der Waals surface area contributed by atoms with Crippen LogP contribution in [0.4, 0.5) is 0 Å². The number of methoxy groups -OCH3 is 1. The van der Waals surface area contributed by atoms with Crippen LogP contribution in [-0.2, 0) is 4.52 Å². The van der Waals surface area contributed by atoms with Gasteiger partial charge in [0.15, 0.2) is 5.75 Å². The van der Waals surface area contributed by atoms with Gasteiger partial charge in [0.05, 0.1) is 7.11 Å². The Hall–Kier alpha value is -1.49. The topological polar surface area (TPSA) is 74.2 Å². The van der Waals surface area contributed by atoms with Crippen molar-refractivity contribution in [2.24, 2.45) is 17.8 Å². The smallest absolute Gasteiger partial charge is 0.493 e. The van der Waals surface area contributed by atoms with Gasteiger partial charge < -0.3 is 4.74 Å². The van der Waals surface area contributed by atoms with E-state index in [1.54, 1.807) is 19.2 Å². The van der Waals surface area contributed by atoms with Crippen molar-refractivity contribution in [3.05, 3.63) is 30.5 Å². The molecule has 4 bridgehead atoms. The van der Waals surface area contributed by atoms with Crippen molar-refractivity contribution in [2.45, 2.75) is 44.1 Å². The fourth-order valence-corrected chi connectivity index (χ4v) is 7.24. The third-order valence-corrected chi connectivity index (χ3v) is 7.97. The molecule has 2 aromatic rings. The SMILES string of the molecule is COc1ccccc1O[P+](O)(OC12CC3CC(CC(C3)C1)C2)c1coo1. The highest BCUT2D eigenvalue weighted by molar-refractivity contribution is 7.68. The molecule has 6 rings (SSSR count). The summed E-state index contributed by atoms with van der Waals surface area (Å²) in [7, 11) is -1.88. The van der Waals surface area contributed by atoms with Gasteiger partial charge in [-0.3, -0.25) is 9.10 Å². The molecule has 26 heavy (non-hydrogen) atoms. The molecule has 0 amide bonds. The number of para-hydroxylation sites is 2. The predicted octanol–water partition coefficient (Wildman–Crippen LogP) is 4.33. The lowest BCUT2D eigenvalue weighted by atomic mass is 9.54. The Morgan fingerprint density at radius 3 is 2.12 bits per heavy atom. The number of ether oxygens (including phenoxy) is 1. The minimum absolute atomic E-state index is 0.235. The van der Waals surface area contributed by atoms with Crippen LogP contribution in [0.1, 0.15) is 38.5 Å².